The van der Waals surface area contributed by atoms with Gasteiger partial charge in [0.25, 0.3) is 0 Å². The molecule has 142 valence electrons. The summed E-state index contributed by atoms with van der Waals surface area (Å²) in [5.74, 6) is 0.789. The molecule has 27 heavy (non-hydrogen) atoms. The lowest BCUT2D eigenvalue weighted by molar-refractivity contribution is -0.137. The summed E-state index contributed by atoms with van der Waals surface area (Å²) in [5.41, 5.74) is 0.950. The number of carbonyl (C=O) groups excluding carboxylic acids is 1. The third kappa shape index (κ3) is 4.67. The van der Waals surface area contributed by atoms with Crippen molar-refractivity contribution >= 4 is 17.8 Å². The summed E-state index contributed by atoms with van der Waals surface area (Å²) in [5, 5.41) is 0. The number of alkyl halides is 3. The van der Waals surface area contributed by atoms with E-state index in [4.69, 9.17) is 0 Å². The van der Waals surface area contributed by atoms with Crippen LogP contribution in [0.4, 0.5) is 19.0 Å². The van der Waals surface area contributed by atoms with Gasteiger partial charge in [0.1, 0.15) is 5.82 Å². The molecule has 0 unspecified atom stereocenters. The number of rotatable bonds is 3. The molecule has 1 amide bonds. The number of aromatic nitrogens is 1. The van der Waals surface area contributed by atoms with Gasteiger partial charge < -0.3 is 9.80 Å². The van der Waals surface area contributed by atoms with Gasteiger partial charge in [-0.15, -0.1) is 0 Å². The summed E-state index contributed by atoms with van der Waals surface area (Å²) in [7, 11) is 0. The summed E-state index contributed by atoms with van der Waals surface area (Å²) in [4.78, 5) is 20.6. The van der Waals surface area contributed by atoms with Crippen LogP contribution in [0, 0.1) is 6.92 Å². The van der Waals surface area contributed by atoms with Crippen molar-refractivity contribution in [2.75, 3.05) is 31.1 Å². The summed E-state index contributed by atoms with van der Waals surface area (Å²) in [6.07, 6.45) is 0.346. The van der Waals surface area contributed by atoms with Crippen molar-refractivity contribution in [3.63, 3.8) is 0 Å². The van der Waals surface area contributed by atoms with Crippen LogP contribution in [-0.2, 0) is 11.0 Å². The zero-order valence-corrected chi connectivity index (χ0v) is 14.9. The fourth-order valence-electron chi connectivity index (χ4n) is 3.00. The summed E-state index contributed by atoms with van der Waals surface area (Å²) in [6, 6.07) is 8.64. The Kier molecular flexibility index (Phi) is 5.48. The molecule has 0 saturated carbocycles. The minimum Gasteiger partial charge on any atom is -0.353 e. The van der Waals surface area contributed by atoms with E-state index in [0.717, 1.165) is 23.5 Å². The Bertz CT molecular complexity index is 823. The lowest BCUT2D eigenvalue weighted by Crippen LogP contribution is -2.48. The van der Waals surface area contributed by atoms with Crippen LogP contribution in [0.1, 0.15) is 16.7 Å². The molecule has 0 bridgehead atoms. The molecule has 1 aromatic carbocycles. The van der Waals surface area contributed by atoms with Crippen LogP contribution in [0.2, 0.25) is 0 Å². The molecule has 7 heteroatoms. The van der Waals surface area contributed by atoms with Crippen molar-refractivity contribution in [2.24, 2.45) is 0 Å². The number of aryl methyl sites for hydroxylation is 1. The van der Waals surface area contributed by atoms with Gasteiger partial charge in [-0.3, -0.25) is 4.79 Å². The Morgan fingerprint density at radius 2 is 1.74 bits per heavy atom. The number of halogens is 3. The van der Waals surface area contributed by atoms with Gasteiger partial charge in [-0.05, 0) is 42.3 Å². The van der Waals surface area contributed by atoms with Crippen LogP contribution in [0.5, 0.6) is 0 Å². The average molecular weight is 375 g/mol. The normalized spacial score (nSPS) is 15.4. The highest BCUT2D eigenvalue weighted by Gasteiger charge is 2.29. The third-order valence-corrected chi connectivity index (χ3v) is 4.53. The Hall–Kier alpha value is -2.83. The van der Waals surface area contributed by atoms with Crippen LogP contribution in [0.25, 0.3) is 6.08 Å². The van der Waals surface area contributed by atoms with E-state index in [1.807, 2.05) is 19.1 Å². The zero-order valence-electron chi connectivity index (χ0n) is 14.9. The summed E-state index contributed by atoms with van der Waals surface area (Å²) in [6.45, 7) is 4.54. The fraction of sp³-hybridized carbons (Fsp3) is 0.300. The second kappa shape index (κ2) is 7.82. The Morgan fingerprint density at radius 1 is 1.07 bits per heavy atom. The standard InChI is InChI=1S/C20H20F3N3O/c1-15-3-2-10-24-19(15)26-13-11-25(12-14-26)18(27)9-6-16-4-7-17(8-5-16)20(21,22)23/h2-10H,11-14H2,1H3/b9-6+. The van der Waals surface area contributed by atoms with E-state index in [-0.39, 0.29) is 5.91 Å². The minimum absolute atomic E-state index is 0.146. The highest BCUT2D eigenvalue weighted by atomic mass is 19.4. The lowest BCUT2D eigenvalue weighted by Gasteiger charge is -2.35. The molecule has 1 saturated heterocycles. The molecule has 0 atom stereocenters. The number of anilines is 1. The largest absolute Gasteiger partial charge is 0.416 e. The van der Waals surface area contributed by atoms with Crippen LogP contribution < -0.4 is 4.90 Å². The highest BCUT2D eigenvalue weighted by molar-refractivity contribution is 5.92. The van der Waals surface area contributed by atoms with Crippen LogP contribution in [0.3, 0.4) is 0 Å². The number of amides is 1. The average Bonchev–Trinajstić information content (AvgIpc) is 2.66. The van der Waals surface area contributed by atoms with Gasteiger partial charge in [0, 0.05) is 38.5 Å². The molecular weight excluding hydrogens is 355 g/mol. The Morgan fingerprint density at radius 3 is 2.33 bits per heavy atom. The van der Waals surface area contributed by atoms with Gasteiger partial charge in [0.15, 0.2) is 0 Å². The minimum atomic E-state index is -4.36. The molecule has 0 aliphatic carbocycles. The molecular formula is C20H20F3N3O. The fourth-order valence-corrected chi connectivity index (χ4v) is 3.00. The van der Waals surface area contributed by atoms with E-state index in [0.29, 0.717) is 31.7 Å². The highest BCUT2D eigenvalue weighted by Crippen LogP contribution is 2.29. The summed E-state index contributed by atoms with van der Waals surface area (Å²) < 4.78 is 37.7. The van der Waals surface area contributed by atoms with Crippen LogP contribution in [0.15, 0.2) is 48.7 Å². The maximum Gasteiger partial charge on any atom is 0.416 e. The number of benzene rings is 1. The zero-order chi connectivity index (χ0) is 19.4. The van der Waals surface area contributed by atoms with E-state index in [1.54, 1.807) is 11.1 Å². The first-order valence-electron chi connectivity index (χ1n) is 8.65. The SMILES string of the molecule is Cc1cccnc1N1CCN(C(=O)/C=C/c2ccc(C(F)(F)F)cc2)CC1. The first-order valence-corrected chi connectivity index (χ1v) is 8.65. The molecule has 0 N–H and O–H groups in total. The molecule has 1 aromatic heterocycles. The van der Waals surface area contributed by atoms with Gasteiger partial charge >= 0.3 is 6.18 Å². The molecule has 0 radical (unpaired) electrons. The topological polar surface area (TPSA) is 36.4 Å². The number of nitrogens with zero attached hydrogens (tertiary/aromatic N) is 3. The van der Waals surface area contributed by atoms with E-state index < -0.39 is 11.7 Å². The molecule has 2 heterocycles. The molecule has 2 aromatic rings. The maximum absolute atomic E-state index is 12.6. The molecule has 1 fully saturated rings. The van der Waals surface area contributed by atoms with Crippen molar-refractivity contribution in [3.8, 4) is 0 Å². The quantitative estimate of drug-likeness (QED) is 0.767. The van der Waals surface area contributed by atoms with Crippen LogP contribution >= 0.6 is 0 Å². The summed E-state index contributed by atoms with van der Waals surface area (Å²) >= 11 is 0. The number of pyridine rings is 1. The van der Waals surface area contributed by atoms with Crippen LogP contribution in [-0.4, -0.2) is 42.0 Å². The molecule has 1 aliphatic heterocycles. The number of hydrogen-bond donors (Lipinski definition) is 0. The van der Waals surface area contributed by atoms with E-state index >= 15 is 0 Å². The van der Waals surface area contributed by atoms with Gasteiger partial charge in [0.2, 0.25) is 5.91 Å². The Labute approximate surface area is 155 Å². The molecule has 0 spiro atoms. The predicted octanol–water partition coefficient (Wildman–Crippen LogP) is 3.77. The van der Waals surface area contributed by atoms with E-state index in [1.165, 1.54) is 24.3 Å². The van der Waals surface area contributed by atoms with Gasteiger partial charge in [0.05, 0.1) is 5.56 Å². The van der Waals surface area contributed by atoms with E-state index in [2.05, 4.69) is 9.88 Å². The van der Waals surface area contributed by atoms with Crippen molar-refractivity contribution in [1.82, 2.24) is 9.88 Å². The number of hydrogen-bond acceptors (Lipinski definition) is 3. The number of piperazine rings is 1. The van der Waals surface area contributed by atoms with Gasteiger partial charge in [-0.1, -0.05) is 18.2 Å². The second-order valence-corrected chi connectivity index (χ2v) is 6.41. The molecule has 3 rings (SSSR count). The molecule has 1 aliphatic rings. The molecule has 4 nitrogen and oxygen atoms in total. The van der Waals surface area contributed by atoms with Gasteiger partial charge in [-0.2, -0.15) is 13.2 Å². The van der Waals surface area contributed by atoms with Crippen molar-refractivity contribution in [1.29, 1.82) is 0 Å². The van der Waals surface area contributed by atoms with Crippen molar-refractivity contribution < 1.29 is 18.0 Å². The Balaban J connectivity index is 1.56. The smallest absolute Gasteiger partial charge is 0.353 e. The maximum atomic E-state index is 12.6. The van der Waals surface area contributed by atoms with E-state index in [9.17, 15) is 18.0 Å². The monoisotopic (exact) mass is 375 g/mol. The first-order chi connectivity index (χ1) is 12.8. The number of carbonyl (C=O) groups is 1. The van der Waals surface area contributed by atoms with Crippen molar-refractivity contribution in [2.45, 2.75) is 13.1 Å². The predicted molar refractivity (Wildman–Crippen MR) is 98.2 cm³/mol. The third-order valence-electron chi connectivity index (χ3n) is 4.53. The van der Waals surface area contributed by atoms with Crippen molar-refractivity contribution in [3.05, 3.63) is 65.4 Å². The lowest BCUT2D eigenvalue weighted by atomic mass is 10.1. The van der Waals surface area contributed by atoms with Gasteiger partial charge in [-0.25, -0.2) is 4.98 Å². The second-order valence-electron chi connectivity index (χ2n) is 6.41. The first kappa shape index (κ1) is 18.9.